The molecule has 0 aliphatic heterocycles. The smallest absolute Gasteiger partial charge is 0.146 e. The average Bonchev–Trinajstić information content (AvgIpc) is 2.57. The van der Waals surface area contributed by atoms with Crippen molar-refractivity contribution in [1.29, 1.82) is 0 Å². The summed E-state index contributed by atoms with van der Waals surface area (Å²) in [5, 5.41) is 0.591. The molecule has 3 aromatic rings. The molecule has 0 saturated carbocycles. The highest BCUT2D eigenvalue weighted by Crippen LogP contribution is 2.29. The molecule has 3 rings (SSSR count). The molecule has 0 heterocycles. The van der Waals surface area contributed by atoms with Crippen molar-refractivity contribution in [1.82, 2.24) is 0 Å². The van der Waals surface area contributed by atoms with Crippen LogP contribution in [0.3, 0.4) is 0 Å². The Morgan fingerprint density at radius 1 is 0.870 bits per heavy atom. The SMILES string of the molecule is Clc1ccccc1Oc1ccc(N=Cc2ccccc2I)cc1. The predicted octanol–water partition coefficient (Wildman–Crippen LogP) is 6.49. The molecule has 0 aliphatic rings. The molecule has 0 aliphatic carbocycles. The Kier molecular flexibility index (Phi) is 5.31. The van der Waals surface area contributed by atoms with Crippen LogP contribution in [-0.2, 0) is 0 Å². The van der Waals surface area contributed by atoms with Crippen LogP contribution in [-0.4, -0.2) is 6.21 Å². The summed E-state index contributed by atoms with van der Waals surface area (Å²) >= 11 is 8.39. The lowest BCUT2D eigenvalue weighted by atomic mass is 10.2. The molecule has 23 heavy (non-hydrogen) atoms. The van der Waals surface area contributed by atoms with Gasteiger partial charge in [-0.1, -0.05) is 41.9 Å². The van der Waals surface area contributed by atoms with Gasteiger partial charge in [0.1, 0.15) is 11.5 Å². The van der Waals surface area contributed by atoms with Crippen molar-refractivity contribution in [3.05, 3.63) is 87.0 Å². The third-order valence-corrected chi connectivity index (χ3v) is 4.45. The molecule has 114 valence electrons. The fourth-order valence-electron chi connectivity index (χ4n) is 1.98. The van der Waals surface area contributed by atoms with Gasteiger partial charge in [-0.25, -0.2) is 0 Å². The van der Waals surface area contributed by atoms with E-state index in [0.29, 0.717) is 10.8 Å². The van der Waals surface area contributed by atoms with Gasteiger partial charge in [-0.2, -0.15) is 0 Å². The minimum Gasteiger partial charge on any atom is -0.456 e. The Morgan fingerprint density at radius 3 is 2.30 bits per heavy atom. The first-order valence-electron chi connectivity index (χ1n) is 7.03. The molecule has 2 nitrogen and oxygen atoms in total. The van der Waals surface area contributed by atoms with E-state index in [0.717, 1.165) is 17.0 Å². The van der Waals surface area contributed by atoms with Crippen LogP contribution in [0.2, 0.25) is 5.02 Å². The van der Waals surface area contributed by atoms with Crippen molar-refractivity contribution in [3.8, 4) is 11.5 Å². The summed E-state index contributed by atoms with van der Waals surface area (Å²) in [5.74, 6) is 1.37. The molecule has 3 aromatic carbocycles. The summed E-state index contributed by atoms with van der Waals surface area (Å²) in [7, 11) is 0. The van der Waals surface area contributed by atoms with Crippen molar-refractivity contribution in [2.24, 2.45) is 4.99 Å². The molecular formula is C19H13ClINO. The van der Waals surface area contributed by atoms with E-state index in [1.54, 1.807) is 6.07 Å². The van der Waals surface area contributed by atoms with E-state index in [1.165, 1.54) is 3.57 Å². The highest BCUT2D eigenvalue weighted by Gasteiger charge is 2.01. The number of benzene rings is 3. The van der Waals surface area contributed by atoms with Crippen molar-refractivity contribution >= 4 is 46.1 Å². The zero-order chi connectivity index (χ0) is 16.1. The predicted molar refractivity (Wildman–Crippen MR) is 104 cm³/mol. The number of halogens is 2. The molecule has 0 unspecified atom stereocenters. The monoisotopic (exact) mass is 433 g/mol. The summed E-state index contributed by atoms with van der Waals surface area (Å²) in [6.07, 6.45) is 1.87. The Labute approximate surface area is 153 Å². The molecule has 0 radical (unpaired) electrons. The van der Waals surface area contributed by atoms with Crippen molar-refractivity contribution in [2.75, 3.05) is 0 Å². The summed E-state index contributed by atoms with van der Waals surface area (Å²) in [4.78, 5) is 4.49. The van der Waals surface area contributed by atoms with E-state index >= 15 is 0 Å². The van der Waals surface area contributed by atoms with Gasteiger partial charge >= 0.3 is 0 Å². The van der Waals surface area contributed by atoms with Crippen LogP contribution in [0.25, 0.3) is 0 Å². The number of hydrogen-bond donors (Lipinski definition) is 0. The van der Waals surface area contributed by atoms with Gasteiger partial charge in [0.25, 0.3) is 0 Å². The van der Waals surface area contributed by atoms with Crippen LogP contribution in [0.4, 0.5) is 5.69 Å². The first kappa shape index (κ1) is 16.0. The minimum atomic E-state index is 0.591. The lowest BCUT2D eigenvalue weighted by Gasteiger charge is -2.07. The van der Waals surface area contributed by atoms with E-state index in [1.807, 2.05) is 66.9 Å². The maximum atomic E-state index is 6.09. The van der Waals surface area contributed by atoms with Gasteiger partial charge in [-0.15, -0.1) is 0 Å². The van der Waals surface area contributed by atoms with Gasteiger partial charge < -0.3 is 4.74 Å². The lowest BCUT2D eigenvalue weighted by molar-refractivity contribution is 0.483. The first-order valence-corrected chi connectivity index (χ1v) is 8.49. The second-order valence-electron chi connectivity index (χ2n) is 4.81. The maximum Gasteiger partial charge on any atom is 0.146 e. The molecule has 0 aromatic heterocycles. The van der Waals surface area contributed by atoms with Crippen LogP contribution in [0.5, 0.6) is 11.5 Å². The number of para-hydroxylation sites is 1. The molecule has 0 amide bonds. The number of aliphatic imine (C=N–C) groups is 1. The molecular weight excluding hydrogens is 421 g/mol. The normalized spacial score (nSPS) is 10.9. The van der Waals surface area contributed by atoms with Crippen LogP contribution < -0.4 is 4.74 Å². The zero-order valence-electron chi connectivity index (χ0n) is 12.1. The highest BCUT2D eigenvalue weighted by molar-refractivity contribution is 14.1. The van der Waals surface area contributed by atoms with E-state index in [-0.39, 0.29) is 0 Å². The summed E-state index contributed by atoms with van der Waals surface area (Å²) < 4.78 is 6.93. The third-order valence-electron chi connectivity index (χ3n) is 3.16. The molecule has 0 bridgehead atoms. The second kappa shape index (κ2) is 7.62. The maximum absolute atomic E-state index is 6.09. The van der Waals surface area contributed by atoms with Gasteiger partial charge in [-0.3, -0.25) is 4.99 Å². The van der Waals surface area contributed by atoms with Gasteiger partial charge in [0.05, 0.1) is 10.7 Å². The fourth-order valence-corrected chi connectivity index (χ4v) is 2.68. The number of hydrogen-bond acceptors (Lipinski definition) is 2. The van der Waals surface area contributed by atoms with E-state index in [9.17, 15) is 0 Å². The third kappa shape index (κ3) is 4.33. The van der Waals surface area contributed by atoms with Crippen LogP contribution >= 0.6 is 34.2 Å². The molecule has 0 fully saturated rings. The van der Waals surface area contributed by atoms with Crippen molar-refractivity contribution < 1.29 is 4.74 Å². The number of ether oxygens (including phenoxy) is 1. The van der Waals surface area contributed by atoms with Gasteiger partial charge in [0.2, 0.25) is 0 Å². The Morgan fingerprint density at radius 2 is 1.57 bits per heavy atom. The van der Waals surface area contributed by atoms with Crippen molar-refractivity contribution in [3.63, 3.8) is 0 Å². The van der Waals surface area contributed by atoms with Gasteiger partial charge in [0, 0.05) is 15.3 Å². The van der Waals surface area contributed by atoms with E-state index in [4.69, 9.17) is 16.3 Å². The topological polar surface area (TPSA) is 21.6 Å². The van der Waals surface area contributed by atoms with Crippen molar-refractivity contribution in [2.45, 2.75) is 0 Å². The quantitative estimate of drug-likeness (QED) is 0.340. The zero-order valence-corrected chi connectivity index (χ0v) is 15.0. The van der Waals surface area contributed by atoms with E-state index in [2.05, 4.69) is 33.6 Å². The Bertz CT molecular complexity index is 831. The largest absolute Gasteiger partial charge is 0.456 e. The minimum absolute atomic E-state index is 0.591. The number of rotatable bonds is 4. The average molecular weight is 434 g/mol. The standard InChI is InChI=1S/C19H13ClINO/c20-17-6-2-4-8-19(17)23-16-11-9-15(10-12-16)22-13-14-5-1-3-7-18(14)21/h1-13H. The number of nitrogens with zero attached hydrogens (tertiary/aromatic N) is 1. The molecule has 0 N–H and O–H groups in total. The van der Waals surface area contributed by atoms with Gasteiger partial charge in [0.15, 0.2) is 0 Å². The summed E-state index contributed by atoms with van der Waals surface area (Å²) in [6, 6.07) is 23.1. The molecule has 0 atom stereocenters. The van der Waals surface area contributed by atoms with E-state index < -0.39 is 0 Å². The lowest BCUT2D eigenvalue weighted by Crippen LogP contribution is -1.85. The van der Waals surface area contributed by atoms with Crippen LogP contribution in [0, 0.1) is 3.57 Å². The molecule has 0 spiro atoms. The summed E-state index contributed by atoms with van der Waals surface area (Å²) in [5.41, 5.74) is 1.97. The molecule has 4 heteroatoms. The van der Waals surface area contributed by atoms with Crippen LogP contribution in [0.15, 0.2) is 77.8 Å². The fraction of sp³-hybridized carbons (Fsp3) is 0. The van der Waals surface area contributed by atoms with Gasteiger partial charge in [-0.05, 0) is 65.1 Å². The molecule has 0 saturated heterocycles. The summed E-state index contributed by atoms with van der Waals surface area (Å²) in [6.45, 7) is 0. The second-order valence-corrected chi connectivity index (χ2v) is 6.38. The van der Waals surface area contributed by atoms with Crippen LogP contribution in [0.1, 0.15) is 5.56 Å². The first-order chi connectivity index (χ1) is 11.2. The highest BCUT2D eigenvalue weighted by atomic mass is 127. The Hall–Kier alpha value is -1.85. The Balaban J connectivity index is 1.73.